The van der Waals surface area contributed by atoms with E-state index >= 15 is 0 Å². The molecule has 106 valence electrons. The molecule has 0 radical (unpaired) electrons. The molecule has 0 aromatic heterocycles. The van der Waals surface area contributed by atoms with Crippen molar-refractivity contribution in [3.05, 3.63) is 29.8 Å². The standard InChI is InChI=1S/C14H21NO4/c1-12-3-5-13(6-4-12)15(11-14(16)17)7-8-19-10-9-18-2/h3-6H,7-11H2,1-2H3,(H,16,17). The topological polar surface area (TPSA) is 59.0 Å². The van der Waals surface area contributed by atoms with Crippen LogP contribution in [-0.4, -0.2) is 51.1 Å². The van der Waals surface area contributed by atoms with Crippen LogP contribution in [0.5, 0.6) is 0 Å². The highest BCUT2D eigenvalue weighted by molar-refractivity contribution is 5.73. The number of benzene rings is 1. The van der Waals surface area contributed by atoms with Gasteiger partial charge in [-0.25, -0.2) is 0 Å². The van der Waals surface area contributed by atoms with Crippen LogP contribution >= 0.6 is 0 Å². The maximum atomic E-state index is 10.9. The number of anilines is 1. The zero-order valence-electron chi connectivity index (χ0n) is 11.5. The van der Waals surface area contributed by atoms with Gasteiger partial charge >= 0.3 is 5.97 Å². The van der Waals surface area contributed by atoms with Crippen LogP contribution in [0, 0.1) is 6.92 Å². The van der Waals surface area contributed by atoms with E-state index in [1.54, 1.807) is 12.0 Å². The van der Waals surface area contributed by atoms with E-state index in [9.17, 15) is 4.79 Å². The van der Waals surface area contributed by atoms with E-state index < -0.39 is 5.97 Å². The molecule has 1 aromatic carbocycles. The number of carboxylic acid groups (broad SMARTS) is 1. The minimum atomic E-state index is -0.850. The first-order chi connectivity index (χ1) is 9.13. The first-order valence-corrected chi connectivity index (χ1v) is 6.23. The lowest BCUT2D eigenvalue weighted by molar-refractivity contribution is -0.135. The number of aliphatic carboxylic acids is 1. The van der Waals surface area contributed by atoms with Crippen molar-refractivity contribution in [1.82, 2.24) is 0 Å². The molecule has 0 aliphatic heterocycles. The Kier molecular flexibility index (Phi) is 6.92. The second-order valence-electron chi connectivity index (χ2n) is 4.26. The highest BCUT2D eigenvalue weighted by Gasteiger charge is 2.10. The molecule has 0 atom stereocenters. The van der Waals surface area contributed by atoms with Gasteiger partial charge in [0.2, 0.25) is 0 Å². The third-order valence-electron chi connectivity index (χ3n) is 2.66. The number of methoxy groups -OCH3 is 1. The highest BCUT2D eigenvalue weighted by Crippen LogP contribution is 2.14. The summed E-state index contributed by atoms with van der Waals surface area (Å²) in [6.07, 6.45) is 0. The van der Waals surface area contributed by atoms with Crippen molar-refractivity contribution >= 4 is 11.7 Å². The Labute approximate surface area is 113 Å². The summed E-state index contributed by atoms with van der Waals surface area (Å²) in [5, 5.41) is 8.94. The molecule has 1 N–H and O–H groups in total. The average Bonchev–Trinajstić information content (AvgIpc) is 2.38. The number of ether oxygens (including phenoxy) is 2. The summed E-state index contributed by atoms with van der Waals surface area (Å²) in [6.45, 7) is 4.05. The summed E-state index contributed by atoms with van der Waals surface area (Å²) in [7, 11) is 1.62. The van der Waals surface area contributed by atoms with Crippen LogP contribution in [0.2, 0.25) is 0 Å². The fraction of sp³-hybridized carbons (Fsp3) is 0.500. The Bertz CT molecular complexity index is 378. The molecule has 0 saturated heterocycles. The highest BCUT2D eigenvalue weighted by atomic mass is 16.5. The molecule has 1 aromatic rings. The van der Waals surface area contributed by atoms with Crippen LogP contribution in [0.25, 0.3) is 0 Å². The Hall–Kier alpha value is -1.59. The van der Waals surface area contributed by atoms with E-state index in [1.807, 2.05) is 31.2 Å². The van der Waals surface area contributed by atoms with Gasteiger partial charge in [-0.2, -0.15) is 0 Å². The zero-order chi connectivity index (χ0) is 14.1. The molecule has 0 spiro atoms. The van der Waals surface area contributed by atoms with Gasteiger partial charge < -0.3 is 19.5 Å². The van der Waals surface area contributed by atoms with Crippen LogP contribution in [0.4, 0.5) is 5.69 Å². The number of carbonyl (C=O) groups is 1. The third-order valence-corrected chi connectivity index (χ3v) is 2.66. The minimum Gasteiger partial charge on any atom is -0.480 e. The maximum absolute atomic E-state index is 10.9. The van der Waals surface area contributed by atoms with Crippen molar-refractivity contribution < 1.29 is 19.4 Å². The smallest absolute Gasteiger partial charge is 0.323 e. The van der Waals surface area contributed by atoms with Crippen molar-refractivity contribution in [2.24, 2.45) is 0 Å². The van der Waals surface area contributed by atoms with Gasteiger partial charge in [-0.1, -0.05) is 17.7 Å². The van der Waals surface area contributed by atoms with Gasteiger partial charge in [0.15, 0.2) is 0 Å². The summed E-state index contributed by atoms with van der Waals surface area (Å²) in [5.41, 5.74) is 2.04. The molecule has 5 heteroatoms. The molecule has 0 amide bonds. The van der Waals surface area contributed by atoms with Gasteiger partial charge in [0.25, 0.3) is 0 Å². The number of rotatable bonds is 9. The third kappa shape index (κ3) is 6.22. The van der Waals surface area contributed by atoms with Crippen molar-refractivity contribution in [1.29, 1.82) is 0 Å². The molecule has 0 unspecified atom stereocenters. The largest absolute Gasteiger partial charge is 0.480 e. The second-order valence-corrected chi connectivity index (χ2v) is 4.26. The molecule has 19 heavy (non-hydrogen) atoms. The first-order valence-electron chi connectivity index (χ1n) is 6.23. The normalized spacial score (nSPS) is 10.4. The molecular weight excluding hydrogens is 246 g/mol. The number of hydrogen-bond donors (Lipinski definition) is 1. The fourth-order valence-corrected chi connectivity index (χ4v) is 1.64. The average molecular weight is 267 g/mol. The Morgan fingerprint density at radius 2 is 1.89 bits per heavy atom. The molecule has 0 heterocycles. The first kappa shape index (κ1) is 15.5. The van der Waals surface area contributed by atoms with Gasteiger partial charge in [0, 0.05) is 19.3 Å². The van der Waals surface area contributed by atoms with Gasteiger partial charge in [-0.15, -0.1) is 0 Å². The summed E-state index contributed by atoms with van der Waals surface area (Å²) in [6, 6.07) is 7.78. The monoisotopic (exact) mass is 267 g/mol. The number of carboxylic acids is 1. The van der Waals surface area contributed by atoms with Crippen molar-refractivity contribution in [3.8, 4) is 0 Å². The molecule has 1 rings (SSSR count). The second kappa shape index (κ2) is 8.50. The van der Waals surface area contributed by atoms with Crippen molar-refractivity contribution in [2.75, 3.05) is 44.9 Å². The summed E-state index contributed by atoms with van der Waals surface area (Å²) in [5.74, 6) is -0.850. The van der Waals surface area contributed by atoms with E-state index in [-0.39, 0.29) is 6.54 Å². The molecule has 5 nitrogen and oxygen atoms in total. The Morgan fingerprint density at radius 1 is 1.21 bits per heavy atom. The Balaban J connectivity index is 2.51. The minimum absolute atomic E-state index is 0.0311. The number of hydrogen-bond acceptors (Lipinski definition) is 4. The van der Waals surface area contributed by atoms with Crippen LogP contribution in [0.1, 0.15) is 5.56 Å². The van der Waals surface area contributed by atoms with Crippen LogP contribution in [0.15, 0.2) is 24.3 Å². The predicted octanol–water partition coefficient (Wildman–Crippen LogP) is 1.55. The van der Waals surface area contributed by atoms with E-state index in [4.69, 9.17) is 14.6 Å². The predicted molar refractivity (Wildman–Crippen MR) is 73.7 cm³/mol. The van der Waals surface area contributed by atoms with Gasteiger partial charge in [0.05, 0.1) is 19.8 Å². The summed E-state index contributed by atoms with van der Waals surface area (Å²) < 4.78 is 10.3. The molecule has 0 bridgehead atoms. The van der Waals surface area contributed by atoms with Crippen LogP contribution in [-0.2, 0) is 14.3 Å². The van der Waals surface area contributed by atoms with Crippen molar-refractivity contribution in [2.45, 2.75) is 6.92 Å². The van der Waals surface area contributed by atoms with E-state index in [2.05, 4.69) is 0 Å². The zero-order valence-corrected chi connectivity index (χ0v) is 11.5. The van der Waals surface area contributed by atoms with Gasteiger partial charge in [-0.05, 0) is 19.1 Å². The molecular formula is C14H21NO4. The molecule has 0 fully saturated rings. The molecule has 0 aliphatic rings. The number of aryl methyl sites for hydroxylation is 1. The lowest BCUT2D eigenvalue weighted by Gasteiger charge is -2.23. The van der Waals surface area contributed by atoms with Crippen LogP contribution < -0.4 is 4.90 Å². The lowest BCUT2D eigenvalue weighted by Crippen LogP contribution is -2.33. The summed E-state index contributed by atoms with van der Waals surface area (Å²) >= 11 is 0. The quantitative estimate of drug-likeness (QED) is 0.688. The number of nitrogens with zero attached hydrogens (tertiary/aromatic N) is 1. The fourth-order valence-electron chi connectivity index (χ4n) is 1.64. The SMILES string of the molecule is COCCOCCN(CC(=O)O)c1ccc(C)cc1. The van der Waals surface area contributed by atoms with Gasteiger partial charge in [-0.3, -0.25) is 4.79 Å². The van der Waals surface area contributed by atoms with E-state index in [0.29, 0.717) is 26.4 Å². The maximum Gasteiger partial charge on any atom is 0.323 e. The molecule has 0 saturated carbocycles. The van der Waals surface area contributed by atoms with Crippen molar-refractivity contribution in [3.63, 3.8) is 0 Å². The Morgan fingerprint density at radius 3 is 2.47 bits per heavy atom. The van der Waals surface area contributed by atoms with Gasteiger partial charge in [0.1, 0.15) is 6.54 Å². The summed E-state index contributed by atoms with van der Waals surface area (Å²) in [4.78, 5) is 12.7. The van der Waals surface area contributed by atoms with E-state index in [1.165, 1.54) is 0 Å². The van der Waals surface area contributed by atoms with Crippen LogP contribution in [0.3, 0.4) is 0 Å². The van der Waals surface area contributed by atoms with E-state index in [0.717, 1.165) is 11.3 Å². The lowest BCUT2D eigenvalue weighted by atomic mass is 10.2. The molecule has 0 aliphatic carbocycles.